The van der Waals surface area contributed by atoms with Gasteiger partial charge in [0, 0.05) is 11.6 Å². The lowest BCUT2D eigenvalue weighted by molar-refractivity contribution is 0.189. The SMILES string of the molecule is C[C@H](O)c1ccc(F)cc1OCc1cccc(O)c1. The minimum Gasteiger partial charge on any atom is -0.508 e. The Balaban J connectivity index is 2.17. The average Bonchev–Trinajstić information content (AvgIpc) is 2.36. The molecule has 0 aromatic heterocycles. The van der Waals surface area contributed by atoms with Gasteiger partial charge >= 0.3 is 0 Å². The molecule has 1 atom stereocenters. The van der Waals surface area contributed by atoms with Crippen LogP contribution >= 0.6 is 0 Å². The first-order chi connectivity index (χ1) is 9.06. The number of ether oxygens (including phenoxy) is 1. The van der Waals surface area contributed by atoms with Crippen molar-refractivity contribution in [3.8, 4) is 11.5 Å². The third-order valence-electron chi connectivity index (χ3n) is 2.73. The van der Waals surface area contributed by atoms with Crippen molar-refractivity contribution < 1.29 is 19.3 Å². The minimum absolute atomic E-state index is 0.149. The fourth-order valence-corrected chi connectivity index (χ4v) is 1.79. The van der Waals surface area contributed by atoms with E-state index < -0.39 is 11.9 Å². The molecule has 2 rings (SSSR count). The van der Waals surface area contributed by atoms with Gasteiger partial charge in [-0.25, -0.2) is 4.39 Å². The van der Waals surface area contributed by atoms with Crippen molar-refractivity contribution in [1.82, 2.24) is 0 Å². The molecule has 2 aromatic carbocycles. The molecule has 0 radical (unpaired) electrons. The second kappa shape index (κ2) is 5.71. The van der Waals surface area contributed by atoms with Crippen molar-refractivity contribution in [2.45, 2.75) is 19.6 Å². The Labute approximate surface area is 110 Å². The van der Waals surface area contributed by atoms with Gasteiger partial charge in [-0.3, -0.25) is 0 Å². The zero-order valence-corrected chi connectivity index (χ0v) is 10.5. The van der Waals surface area contributed by atoms with Crippen molar-refractivity contribution in [2.24, 2.45) is 0 Å². The zero-order valence-electron chi connectivity index (χ0n) is 10.5. The highest BCUT2D eigenvalue weighted by molar-refractivity contribution is 5.36. The molecule has 19 heavy (non-hydrogen) atoms. The molecule has 0 heterocycles. The van der Waals surface area contributed by atoms with E-state index in [4.69, 9.17) is 4.74 Å². The van der Waals surface area contributed by atoms with E-state index in [1.165, 1.54) is 18.2 Å². The molecule has 0 bridgehead atoms. The van der Waals surface area contributed by atoms with Crippen molar-refractivity contribution in [3.63, 3.8) is 0 Å². The summed E-state index contributed by atoms with van der Waals surface area (Å²) in [6.07, 6.45) is -0.736. The summed E-state index contributed by atoms with van der Waals surface area (Å²) < 4.78 is 18.7. The molecule has 0 fully saturated rings. The predicted molar refractivity (Wildman–Crippen MR) is 69.5 cm³/mol. The largest absolute Gasteiger partial charge is 0.508 e. The van der Waals surface area contributed by atoms with E-state index >= 15 is 0 Å². The van der Waals surface area contributed by atoms with Gasteiger partial charge in [-0.05, 0) is 36.8 Å². The van der Waals surface area contributed by atoms with E-state index in [1.54, 1.807) is 31.2 Å². The fourth-order valence-electron chi connectivity index (χ4n) is 1.79. The maximum Gasteiger partial charge on any atom is 0.128 e. The molecule has 2 N–H and O–H groups in total. The summed E-state index contributed by atoms with van der Waals surface area (Å²) in [6.45, 7) is 1.78. The third-order valence-corrected chi connectivity index (χ3v) is 2.73. The smallest absolute Gasteiger partial charge is 0.128 e. The highest BCUT2D eigenvalue weighted by atomic mass is 19.1. The molecular weight excluding hydrogens is 247 g/mol. The monoisotopic (exact) mass is 262 g/mol. The van der Waals surface area contributed by atoms with Crippen molar-refractivity contribution in [3.05, 3.63) is 59.4 Å². The quantitative estimate of drug-likeness (QED) is 0.889. The summed E-state index contributed by atoms with van der Waals surface area (Å²) >= 11 is 0. The number of hydrogen-bond acceptors (Lipinski definition) is 3. The van der Waals surface area contributed by atoms with E-state index in [0.29, 0.717) is 11.3 Å². The van der Waals surface area contributed by atoms with Crippen molar-refractivity contribution in [1.29, 1.82) is 0 Å². The highest BCUT2D eigenvalue weighted by Gasteiger charge is 2.10. The van der Waals surface area contributed by atoms with Crippen LogP contribution < -0.4 is 4.74 Å². The number of aromatic hydroxyl groups is 1. The summed E-state index contributed by atoms with van der Waals surface area (Å²) in [4.78, 5) is 0. The molecule has 3 nitrogen and oxygen atoms in total. The Bertz CT molecular complexity index is 567. The maximum atomic E-state index is 13.2. The van der Waals surface area contributed by atoms with Gasteiger partial charge in [0.2, 0.25) is 0 Å². The van der Waals surface area contributed by atoms with E-state index in [-0.39, 0.29) is 12.4 Å². The van der Waals surface area contributed by atoms with E-state index in [0.717, 1.165) is 5.56 Å². The van der Waals surface area contributed by atoms with E-state index in [9.17, 15) is 14.6 Å². The van der Waals surface area contributed by atoms with Crippen molar-refractivity contribution in [2.75, 3.05) is 0 Å². The number of phenols is 1. The van der Waals surface area contributed by atoms with Gasteiger partial charge in [-0.2, -0.15) is 0 Å². The zero-order chi connectivity index (χ0) is 13.8. The highest BCUT2D eigenvalue weighted by Crippen LogP contribution is 2.27. The van der Waals surface area contributed by atoms with E-state index in [1.807, 2.05) is 0 Å². The molecule has 0 spiro atoms. The van der Waals surface area contributed by atoms with Gasteiger partial charge in [0.1, 0.15) is 23.9 Å². The molecule has 4 heteroatoms. The van der Waals surface area contributed by atoms with Crippen LogP contribution in [-0.4, -0.2) is 10.2 Å². The Morgan fingerprint density at radius 1 is 1.21 bits per heavy atom. The summed E-state index contributed by atoms with van der Waals surface area (Å²) in [7, 11) is 0. The van der Waals surface area contributed by atoms with Gasteiger partial charge in [-0.1, -0.05) is 12.1 Å². The lowest BCUT2D eigenvalue weighted by Crippen LogP contribution is -2.01. The molecule has 100 valence electrons. The number of aliphatic hydroxyl groups excluding tert-OH is 1. The standard InChI is InChI=1S/C15H15FO3/c1-10(17)14-6-5-12(16)8-15(14)19-9-11-3-2-4-13(18)7-11/h2-8,10,17-18H,9H2,1H3/t10-/m0/s1. The average molecular weight is 262 g/mol. The van der Waals surface area contributed by atoms with Crippen LogP contribution in [0.25, 0.3) is 0 Å². The second-order valence-corrected chi connectivity index (χ2v) is 4.32. The number of rotatable bonds is 4. The maximum absolute atomic E-state index is 13.2. The molecule has 0 unspecified atom stereocenters. The molecule has 0 saturated heterocycles. The number of halogens is 1. The molecule has 0 aliphatic heterocycles. The van der Waals surface area contributed by atoms with Gasteiger partial charge in [-0.15, -0.1) is 0 Å². The lowest BCUT2D eigenvalue weighted by Gasteiger charge is -2.13. The first kappa shape index (κ1) is 13.4. The number of phenolic OH excluding ortho intramolecular Hbond substituents is 1. The summed E-state index contributed by atoms with van der Waals surface area (Å²) in [5.74, 6) is 0.0322. The number of benzene rings is 2. The number of hydrogen-bond donors (Lipinski definition) is 2. The first-order valence-electron chi connectivity index (χ1n) is 5.94. The first-order valence-corrected chi connectivity index (χ1v) is 5.94. The lowest BCUT2D eigenvalue weighted by atomic mass is 10.1. The van der Waals surface area contributed by atoms with Crippen molar-refractivity contribution >= 4 is 0 Å². The summed E-state index contributed by atoms with van der Waals surface area (Å²) in [6, 6.07) is 10.6. The molecule has 0 aliphatic carbocycles. The van der Waals surface area contributed by atoms with Gasteiger partial charge in [0.25, 0.3) is 0 Å². The summed E-state index contributed by atoms with van der Waals surface area (Å²) in [5.41, 5.74) is 1.29. The van der Waals surface area contributed by atoms with Gasteiger partial charge < -0.3 is 14.9 Å². The second-order valence-electron chi connectivity index (χ2n) is 4.32. The van der Waals surface area contributed by atoms with Crippen LogP contribution in [0.15, 0.2) is 42.5 Å². The van der Waals surface area contributed by atoms with Crippen LogP contribution in [0.4, 0.5) is 4.39 Å². The fraction of sp³-hybridized carbons (Fsp3) is 0.200. The Hall–Kier alpha value is -2.07. The minimum atomic E-state index is -0.736. The Morgan fingerprint density at radius 3 is 2.68 bits per heavy atom. The Morgan fingerprint density at radius 2 is 2.00 bits per heavy atom. The van der Waals surface area contributed by atoms with Crippen LogP contribution in [0.2, 0.25) is 0 Å². The molecular formula is C15H15FO3. The number of aliphatic hydroxyl groups is 1. The van der Waals surface area contributed by atoms with Gasteiger partial charge in [0.15, 0.2) is 0 Å². The molecule has 0 aliphatic rings. The summed E-state index contributed by atoms with van der Waals surface area (Å²) in [5, 5.41) is 18.9. The molecule has 0 saturated carbocycles. The predicted octanol–water partition coefficient (Wildman–Crippen LogP) is 3.16. The third kappa shape index (κ3) is 3.45. The van der Waals surface area contributed by atoms with Crippen LogP contribution in [0.1, 0.15) is 24.2 Å². The van der Waals surface area contributed by atoms with Crippen LogP contribution in [0, 0.1) is 5.82 Å². The topological polar surface area (TPSA) is 49.7 Å². The molecule has 2 aromatic rings. The van der Waals surface area contributed by atoms with Crippen LogP contribution in [-0.2, 0) is 6.61 Å². The molecule has 0 amide bonds. The van der Waals surface area contributed by atoms with E-state index in [2.05, 4.69) is 0 Å². The normalized spacial score (nSPS) is 12.2. The Kier molecular flexibility index (Phi) is 4.02. The van der Waals surface area contributed by atoms with Crippen LogP contribution in [0.5, 0.6) is 11.5 Å². The van der Waals surface area contributed by atoms with Crippen LogP contribution in [0.3, 0.4) is 0 Å². The van der Waals surface area contributed by atoms with Gasteiger partial charge in [0.05, 0.1) is 6.10 Å².